The Kier molecular flexibility index (Phi) is 7.72. The normalized spacial score (nSPS) is 10.9. The van der Waals surface area contributed by atoms with Gasteiger partial charge in [-0.15, -0.1) is 0 Å². The van der Waals surface area contributed by atoms with Crippen molar-refractivity contribution < 1.29 is 27.4 Å². The lowest BCUT2D eigenvalue weighted by Crippen LogP contribution is -2.37. The molecule has 0 aliphatic rings. The van der Waals surface area contributed by atoms with Crippen LogP contribution in [0.15, 0.2) is 83.8 Å². The third-order valence-corrected chi connectivity index (χ3v) is 6.44. The van der Waals surface area contributed by atoms with E-state index in [-0.39, 0.29) is 23.6 Å². The van der Waals surface area contributed by atoms with Crippen LogP contribution in [0.2, 0.25) is 0 Å². The molecule has 3 aromatic rings. The Hall–Kier alpha value is -3.52. The standard InChI is InChI=1S/C24H25NO6S/c1-29-20-12-10-19(11-13-20)25(32(27,28)23-7-4-3-5-8-23)24(26)9-6-18-31-22-16-14-21(30-2)15-17-22/h3-5,7-8,10-17H,6,9,18H2,1-2H3. The molecule has 0 aliphatic carbocycles. The molecule has 0 spiro atoms. The fraction of sp³-hybridized carbons (Fsp3) is 0.208. The number of nitrogens with zero attached hydrogens (tertiary/aromatic N) is 1. The van der Waals surface area contributed by atoms with Crippen LogP contribution < -0.4 is 18.5 Å². The summed E-state index contributed by atoms with van der Waals surface area (Å²) in [6.45, 7) is 0.264. The van der Waals surface area contributed by atoms with Crippen molar-refractivity contribution >= 4 is 21.6 Å². The molecule has 8 heteroatoms. The predicted molar refractivity (Wildman–Crippen MR) is 122 cm³/mol. The monoisotopic (exact) mass is 455 g/mol. The molecule has 0 saturated heterocycles. The highest BCUT2D eigenvalue weighted by atomic mass is 32.2. The van der Waals surface area contributed by atoms with Gasteiger partial charge in [-0.05, 0) is 67.1 Å². The zero-order valence-electron chi connectivity index (χ0n) is 17.9. The van der Waals surface area contributed by atoms with Gasteiger partial charge < -0.3 is 14.2 Å². The van der Waals surface area contributed by atoms with Crippen molar-refractivity contribution in [3.63, 3.8) is 0 Å². The summed E-state index contributed by atoms with van der Waals surface area (Å²) in [5.74, 6) is 1.37. The Labute approximate surface area is 188 Å². The number of hydrogen-bond acceptors (Lipinski definition) is 6. The van der Waals surface area contributed by atoms with E-state index in [0.29, 0.717) is 23.7 Å². The van der Waals surface area contributed by atoms with Gasteiger partial charge in [0.1, 0.15) is 17.2 Å². The molecule has 0 aromatic heterocycles. The second kappa shape index (κ2) is 10.7. The Bertz CT molecular complexity index is 1110. The minimum absolute atomic E-state index is 0.00571. The van der Waals surface area contributed by atoms with Gasteiger partial charge in [0.25, 0.3) is 10.0 Å². The number of methoxy groups -OCH3 is 2. The second-order valence-electron chi connectivity index (χ2n) is 6.80. The van der Waals surface area contributed by atoms with Crippen molar-refractivity contribution in [1.82, 2.24) is 0 Å². The third-order valence-electron chi connectivity index (χ3n) is 4.68. The van der Waals surface area contributed by atoms with E-state index in [4.69, 9.17) is 14.2 Å². The molecule has 7 nitrogen and oxygen atoms in total. The van der Waals surface area contributed by atoms with Crippen LogP contribution in [-0.2, 0) is 14.8 Å². The number of benzene rings is 3. The predicted octanol–water partition coefficient (Wildman–Crippen LogP) is 4.28. The van der Waals surface area contributed by atoms with Gasteiger partial charge in [-0.25, -0.2) is 12.7 Å². The molecule has 0 aliphatic heterocycles. The molecule has 32 heavy (non-hydrogen) atoms. The molecule has 168 valence electrons. The topological polar surface area (TPSA) is 82.1 Å². The first-order valence-corrected chi connectivity index (χ1v) is 11.4. The van der Waals surface area contributed by atoms with Crippen LogP contribution in [-0.4, -0.2) is 35.2 Å². The van der Waals surface area contributed by atoms with Crippen LogP contribution in [0.3, 0.4) is 0 Å². The van der Waals surface area contributed by atoms with E-state index in [2.05, 4.69) is 0 Å². The zero-order chi connectivity index (χ0) is 23.0. The number of carbonyl (C=O) groups excluding carboxylic acids is 1. The molecule has 0 heterocycles. The minimum atomic E-state index is -4.08. The molecule has 1 amide bonds. The fourth-order valence-electron chi connectivity index (χ4n) is 3.02. The van der Waals surface area contributed by atoms with Gasteiger partial charge in [-0.3, -0.25) is 4.79 Å². The van der Waals surface area contributed by atoms with Gasteiger partial charge in [0.2, 0.25) is 5.91 Å². The van der Waals surface area contributed by atoms with Gasteiger partial charge in [-0.1, -0.05) is 18.2 Å². The molecular formula is C24H25NO6S. The first-order valence-electron chi connectivity index (χ1n) is 10.00. The van der Waals surface area contributed by atoms with Crippen LogP contribution in [0, 0.1) is 0 Å². The van der Waals surface area contributed by atoms with Crippen molar-refractivity contribution in [2.24, 2.45) is 0 Å². The van der Waals surface area contributed by atoms with E-state index >= 15 is 0 Å². The van der Waals surface area contributed by atoms with E-state index in [0.717, 1.165) is 4.31 Å². The molecule has 0 atom stereocenters. The summed E-state index contributed by atoms with van der Waals surface area (Å²) in [6, 6.07) is 21.3. The molecule has 3 aromatic carbocycles. The number of amides is 1. The molecule has 0 N–H and O–H groups in total. The SMILES string of the molecule is COc1ccc(OCCCC(=O)N(c2ccc(OC)cc2)S(=O)(=O)c2ccccc2)cc1. The molecule has 0 fully saturated rings. The highest BCUT2D eigenvalue weighted by Crippen LogP contribution is 2.27. The van der Waals surface area contributed by atoms with E-state index in [1.54, 1.807) is 73.8 Å². The lowest BCUT2D eigenvalue weighted by atomic mass is 10.2. The first-order chi connectivity index (χ1) is 15.5. The van der Waals surface area contributed by atoms with Gasteiger partial charge in [-0.2, -0.15) is 0 Å². The Morgan fingerprint density at radius 1 is 0.781 bits per heavy atom. The Balaban J connectivity index is 1.74. The molecule has 0 saturated carbocycles. The van der Waals surface area contributed by atoms with E-state index in [1.807, 2.05) is 0 Å². The quantitative estimate of drug-likeness (QED) is 0.424. The molecule has 0 unspecified atom stereocenters. The van der Waals surface area contributed by atoms with Gasteiger partial charge in [0, 0.05) is 6.42 Å². The average molecular weight is 456 g/mol. The number of rotatable bonds is 10. The Morgan fingerprint density at radius 2 is 1.31 bits per heavy atom. The maximum Gasteiger partial charge on any atom is 0.270 e. The maximum absolute atomic E-state index is 13.3. The number of anilines is 1. The largest absolute Gasteiger partial charge is 0.497 e. The summed E-state index contributed by atoms with van der Waals surface area (Å²) in [6.07, 6.45) is 0.343. The Morgan fingerprint density at radius 3 is 1.88 bits per heavy atom. The van der Waals surface area contributed by atoms with Crippen LogP contribution in [0.25, 0.3) is 0 Å². The summed E-state index contributed by atoms with van der Waals surface area (Å²) < 4.78 is 43.3. The lowest BCUT2D eigenvalue weighted by Gasteiger charge is -2.23. The van der Waals surface area contributed by atoms with E-state index in [9.17, 15) is 13.2 Å². The van der Waals surface area contributed by atoms with Crippen molar-refractivity contribution in [2.75, 3.05) is 25.1 Å². The third kappa shape index (κ3) is 5.59. The van der Waals surface area contributed by atoms with Crippen LogP contribution in [0.5, 0.6) is 17.2 Å². The van der Waals surface area contributed by atoms with Crippen molar-refractivity contribution in [1.29, 1.82) is 0 Å². The number of sulfonamides is 1. The molecule has 0 bridgehead atoms. The zero-order valence-corrected chi connectivity index (χ0v) is 18.7. The lowest BCUT2D eigenvalue weighted by molar-refractivity contribution is -0.117. The van der Waals surface area contributed by atoms with Gasteiger partial charge in [0.15, 0.2) is 0 Å². The molecule has 3 rings (SSSR count). The van der Waals surface area contributed by atoms with Crippen LogP contribution in [0.1, 0.15) is 12.8 Å². The smallest absolute Gasteiger partial charge is 0.270 e. The van der Waals surface area contributed by atoms with Gasteiger partial charge in [0.05, 0.1) is 31.4 Å². The van der Waals surface area contributed by atoms with Crippen molar-refractivity contribution in [3.05, 3.63) is 78.9 Å². The highest BCUT2D eigenvalue weighted by molar-refractivity contribution is 7.93. The first kappa shape index (κ1) is 23.1. The summed E-state index contributed by atoms with van der Waals surface area (Å²) in [4.78, 5) is 13.1. The van der Waals surface area contributed by atoms with Crippen molar-refractivity contribution in [2.45, 2.75) is 17.7 Å². The fourth-order valence-corrected chi connectivity index (χ4v) is 4.49. The second-order valence-corrected chi connectivity index (χ2v) is 8.59. The number of ether oxygens (including phenoxy) is 3. The summed E-state index contributed by atoms with van der Waals surface area (Å²) in [5.41, 5.74) is 0.246. The van der Waals surface area contributed by atoms with Crippen molar-refractivity contribution in [3.8, 4) is 17.2 Å². The van der Waals surface area contributed by atoms with Crippen LogP contribution >= 0.6 is 0 Å². The maximum atomic E-state index is 13.3. The minimum Gasteiger partial charge on any atom is -0.497 e. The number of hydrogen-bond donors (Lipinski definition) is 0. The highest BCUT2D eigenvalue weighted by Gasteiger charge is 2.30. The average Bonchev–Trinajstić information content (AvgIpc) is 2.83. The molecule has 0 radical (unpaired) electrons. The van der Waals surface area contributed by atoms with E-state index < -0.39 is 15.9 Å². The van der Waals surface area contributed by atoms with Crippen LogP contribution in [0.4, 0.5) is 5.69 Å². The number of carbonyl (C=O) groups is 1. The van der Waals surface area contributed by atoms with E-state index in [1.165, 1.54) is 19.2 Å². The molecular weight excluding hydrogens is 430 g/mol. The van der Waals surface area contributed by atoms with Gasteiger partial charge >= 0.3 is 0 Å². The summed E-state index contributed by atoms with van der Waals surface area (Å²) in [5, 5.41) is 0. The summed E-state index contributed by atoms with van der Waals surface area (Å²) in [7, 11) is -0.983. The summed E-state index contributed by atoms with van der Waals surface area (Å²) >= 11 is 0.